The second-order valence-electron chi connectivity index (χ2n) is 2.58. The van der Waals surface area contributed by atoms with Gasteiger partial charge < -0.3 is 0 Å². The minimum absolute atomic E-state index is 0.406. The number of allylic oxidation sites excluding steroid dienone is 1. The van der Waals surface area contributed by atoms with Gasteiger partial charge in [-0.15, -0.1) is 0 Å². The van der Waals surface area contributed by atoms with E-state index in [4.69, 9.17) is 0 Å². The second-order valence-corrected chi connectivity index (χ2v) is 2.58. The van der Waals surface area contributed by atoms with E-state index in [1.54, 1.807) is 6.08 Å². The van der Waals surface area contributed by atoms with Crippen LogP contribution in [0, 0.1) is 0 Å². The van der Waals surface area contributed by atoms with Crippen LogP contribution in [0.2, 0.25) is 0 Å². The van der Waals surface area contributed by atoms with Crippen LogP contribution in [0.5, 0.6) is 0 Å². The first kappa shape index (κ1) is 11.8. The van der Waals surface area contributed by atoms with E-state index >= 15 is 0 Å². The summed E-state index contributed by atoms with van der Waals surface area (Å²) in [4.78, 5) is 19.9. The highest BCUT2D eigenvalue weighted by Crippen LogP contribution is 2.00. The zero-order valence-electron chi connectivity index (χ0n) is 8.21. The third kappa shape index (κ3) is 5.96. The van der Waals surface area contributed by atoms with E-state index in [0.717, 1.165) is 12.8 Å². The lowest BCUT2D eigenvalue weighted by atomic mass is 10.2. The molecule has 0 aromatic heterocycles. The fourth-order valence-corrected chi connectivity index (χ4v) is 0.549. The highest BCUT2D eigenvalue weighted by atomic mass is 17.2. The zero-order valence-corrected chi connectivity index (χ0v) is 8.21. The van der Waals surface area contributed by atoms with Crippen LogP contribution in [0.25, 0.3) is 0 Å². The molecule has 13 heavy (non-hydrogen) atoms. The fraction of sp³-hybridized carbons (Fsp3) is 0.500. The van der Waals surface area contributed by atoms with Crippen LogP contribution in [0.15, 0.2) is 24.5 Å². The molecule has 0 rings (SSSR count). The van der Waals surface area contributed by atoms with Gasteiger partial charge in [0.2, 0.25) is 0 Å². The molecule has 0 saturated carbocycles. The molecule has 0 amide bonds. The van der Waals surface area contributed by atoms with Crippen LogP contribution in [0.1, 0.15) is 33.1 Å². The first-order valence-electron chi connectivity index (χ1n) is 4.42. The van der Waals surface area contributed by atoms with E-state index in [1.807, 2.05) is 6.92 Å². The van der Waals surface area contributed by atoms with Crippen molar-refractivity contribution in [2.24, 2.45) is 0 Å². The number of rotatable bonds is 6. The summed E-state index contributed by atoms with van der Waals surface area (Å²) >= 11 is 0. The highest BCUT2D eigenvalue weighted by molar-refractivity contribution is 5.87. The first-order chi connectivity index (χ1) is 6.22. The number of hydrogen-bond donors (Lipinski definition) is 0. The SMILES string of the molecule is C=C(CC)C(=O)OOC=CCCC. The van der Waals surface area contributed by atoms with Crippen molar-refractivity contribution < 1.29 is 14.6 Å². The second kappa shape index (κ2) is 7.40. The summed E-state index contributed by atoms with van der Waals surface area (Å²) in [6, 6.07) is 0. The van der Waals surface area contributed by atoms with Gasteiger partial charge >= 0.3 is 5.97 Å². The molecular weight excluding hydrogens is 168 g/mol. The van der Waals surface area contributed by atoms with Gasteiger partial charge in [-0.05, 0) is 18.9 Å². The molecule has 0 atom stereocenters. The molecule has 0 aromatic carbocycles. The molecule has 0 saturated heterocycles. The molecule has 3 nitrogen and oxygen atoms in total. The van der Waals surface area contributed by atoms with E-state index in [0.29, 0.717) is 12.0 Å². The molecule has 74 valence electrons. The Bertz CT molecular complexity index is 194. The molecule has 0 fully saturated rings. The van der Waals surface area contributed by atoms with Gasteiger partial charge in [0.1, 0.15) is 6.26 Å². The molecule has 3 heteroatoms. The van der Waals surface area contributed by atoms with E-state index in [1.165, 1.54) is 6.26 Å². The number of hydrogen-bond acceptors (Lipinski definition) is 3. The average Bonchev–Trinajstić information content (AvgIpc) is 2.16. The number of carbonyl (C=O) groups is 1. The van der Waals surface area contributed by atoms with Crippen molar-refractivity contribution in [2.75, 3.05) is 0 Å². The third-order valence-corrected chi connectivity index (χ3v) is 1.45. The van der Waals surface area contributed by atoms with Crippen molar-refractivity contribution in [1.29, 1.82) is 0 Å². The predicted octanol–water partition coefficient (Wildman–Crippen LogP) is 2.74. The lowest BCUT2D eigenvalue weighted by molar-refractivity contribution is -0.233. The summed E-state index contributed by atoms with van der Waals surface area (Å²) in [7, 11) is 0. The molecule has 0 spiro atoms. The highest BCUT2D eigenvalue weighted by Gasteiger charge is 2.05. The quantitative estimate of drug-likeness (QED) is 0.275. The van der Waals surface area contributed by atoms with Crippen LogP contribution < -0.4 is 0 Å². The van der Waals surface area contributed by atoms with Crippen LogP contribution in [0.3, 0.4) is 0 Å². The largest absolute Gasteiger partial charge is 0.381 e. The molecule has 0 N–H and O–H groups in total. The van der Waals surface area contributed by atoms with Gasteiger partial charge in [0, 0.05) is 5.57 Å². The Labute approximate surface area is 79.0 Å². The molecule has 0 radical (unpaired) electrons. The normalized spacial score (nSPS) is 10.0. The molecule has 0 bridgehead atoms. The summed E-state index contributed by atoms with van der Waals surface area (Å²) in [6.45, 7) is 7.39. The minimum atomic E-state index is -0.511. The van der Waals surface area contributed by atoms with Crippen molar-refractivity contribution in [2.45, 2.75) is 33.1 Å². The topological polar surface area (TPSA) is 35.5 Å². The number of unbranched alkanes of at least 4 members (excludes halogenated alkanes) is 1. The zero-order chi connectivity index (χ0) is 10.1. The summed E-state index contributed by atoms with van der Waals surface area (Å²) in [6.07, 6.45) is 5.68. The Morgan fingerprint density at radius 3 is 2.69 bits per heavy atom. The van der Waals surface area contributed by atoms with Crippen LogP contribution in [-0.4, -0.2) is 5.97 Å². The van der Waals surface area contributed by atoms with Gasteiger partial charge in [-0.3, -0.25) is 4.89 Å². The standard InChI is InChI=1S/C10H16O3/c1-4-6-7-8-12-13-10(11)9(3)5-2/h7-8H,3-6H2,1-2H3. The summed E-state index contributed by atoms with van der Waals surface area (Å²) in [5.74, 6) is -0.511. The Morgan fingerprint density at radius 2 is 2.15 bits per heavy atom. The Balaban J connectivity index is 3.53. The molecule has 0 aromatic rings. The van der Waals surface area contributed by atoms with Gasteiger partial charge in [0.25, 0.3) is 0 Å². The van der Waals surface area contributed by atoms with Crippen LogP contribution in [0.4, 0.5) is 0 Å². The van der Waals surface area contributed by atoms with Crippen molar-refractivity contribution in [1.82, 2.24) is 0 Å². The molecule has 0 aliphatic rings. The Hall–Kier alpha value is -1.25. The van der Waals surface area contributed by atoms with Crippen molar-refractivity contribution in [3.63, 3.8) is 0 Å². The van der Waals surface area contributed by atoms with E-state index < -0.39 is 5.97 Å². The fourth-order valence-electron chi connectivity index (χ4n) is 0.549. The van der Waals surface area contributed by atoms with Crippen molar-refractivity contribution >= 4 is 5.97 Å². The number of carbonyl (C=O) groups excluding carboxylic acids is 1. The maximum Gasteiger partial charge on any atom is 0.381 e. The summed E-state index contributed by atoms with van der Waals surface area (Å²) in [5, 5.41) is 0. The van der Waals surface area contributed by atoms with Gasteiger partial charge in [-0.2, -0.15) is 0 Å². The molecule has 0 aliphatic heterocycles. The average molecular weight is 184 g/mol. The Morgan fingerprint density at radius 1 is 1.46 bits per heavy atom. The van der Waals surface area contributed by atoms with E-state index in [9.17, 15) is 4.79 Å². The maximum atomic E-state index is 10.9. The van der Waals surface area contributed by atoms with Crippen LogP contribution in [-0.2, 0) is 14.6 Å². The summed E-state index contributed by atoms with van der Waals surface area (Å²) < 4.78 is 0. The molecule has 0 unspecified atom stereocenters. The van der Waals surface area contributed by atoms with E-state index in [2.05, 4.69) is 23.3 Å². The Kier molecular flexibility index (Phi) is 6.69. The summed E-state index contributed by atoms with van der Waals surface area (Å²) in [5.41, 5.74) is 0.406. The minimum Gasteiger partial charge on any atom is -0.295 e. The van der Waals surface area contributed by atoms with Gasteiger partial charge in [-0.25, -0.2) is 9.68 Å². The smallest absolute Gasteiger partial charge is 0.295 e. The van der Waals surface area contributed by atoms with Crippen molar-refractivity contribution in [3.8, 4) is 0 Å². The first-order valence-corrected chi connectivity index (χ1v) is 4.42. The molecule has 0 heterocycles. The monoisotopic (exact) mass is 184 g/mol. The van der Waals surface area contributed by atoms with Crippen LogP contribution >= 0.6 is 0 Å². The van der Waals surface area contributed by atoms with Gasteiger partial charge in [0.05, 0.1) is 0 Å². The maximum absolute atomic E-state index is 10.9. The third-order valence-electron chi connectivity index (χ3n) is 1.45. The van der Waals surface area contributed by atoms with Crippen molar-refractivity contribution in [3.05, 3.63) is 24.5 Å². The van der Waals surface area contributed by atoms with E-state index in [-0.39, 0.29) is 0 Å². The lowest BCUT2D eigenvalue weighted by Gasteiger charge is -2.00. The lowest BCUT2D eigenvalue weighted by Crippen LogP contribution is -2.04. The predicted molar refractivity (Wildman–Crippen MR) is 50.7 cm³/mol. The molecular formula is C10H16O3. The van der Waals surface area contributed by atoms with Gasteiger partial charge in [0.15, 0.2) is 0 Å². The van der Waals surface area contributed by atoms with Gasteiger partial charge in [-0.1, -0.05) is 26.8 Å². The molecule has 0 aliphatic carbocycles.